The van der Waals surface area contributed by atoms with Crippen LogP contribution in [0.4, 0.5) is 10.5 Å². The van der Waals surface area contributed by atoms with Crippen molar-refractivity contribution < 1.29 is 14.7 Å². The van der Waals surface area contributed by atoms with Crippen LogP contribution in [-0.4, -0.2) is 27.6 Å². The number of pyridine rings is 1. The smallest absolute Gasteiger partial charge is 0.319 e. The van der Waals surface area contributed by atoms with Gasteiger partial charge in [-0.2, -0.15) is 0 Å². The molecule has 0 saturated carbocycles. The molecule has 0 spiro atoms. The highest BCUT2D eigenvalue weighted by molar-refractivity contribution is 5.91. The van der Waals surface area contributed by atoms with Gasteiger partial charge in [0.1, 0.15) is 0 Å². The highest BCUT2D eigenvalue weighted by atomic mass is 16.4. The van der Waals surface area contributed by atoms with Gasteiger partial charge in [-0.3, -0.25) is 9.78 Å². The van der Waals surface area contributed by atoms with Gasteiger partial charge in [0.2, 0.25) is 0 Å². The van der Waals surface area contributed by atoms with Crippen molar-refractivity contribution in [3.05, 3.63) is 66.0 Å². The molecule has 6 heteroatoms. The lowest BCUT2D eigenvalue weighted by Crippen LogP contribution is -2.43. The number of aliphatic carboxylic acids is 1. The molecule has 2 amide bonds. The Morgan fingerprint density at radius 1 is 1.14 bits per heavy atom. The largest absolute Gasteiger partial charge is 0.481 e. The number of carbonyl (C=O) groups excluding carboxylic acids is 1. The maximum atomic E-state index is 12.2. The maximum absolute atomic E-state index is 12.2. The average Bonchev–Trinajstić information content (AvgIpc) is 2.60. The molecule has 0 saturated heterocycles. The Labute approximate surface area is 165 Å². The van der Waals surface area contributed by atoms with Crippen LogP contribution in [0.15, 0.2) is 54.9 Å². The van der Waals surface area contributed by atoms with E-state index >= 15 is 0 Å². The Hall–Kier alpha value is -3.15. The second-order valence-electron chi connectivity index (χ2n) is 7.56. The number of hydrogen-bond donors (Lipinski definition) is 3. The summed E-state index contributed by atoms with van der Waals surface area (Å²) >= 11 is 0. The van der Waals surface area contributed by atoms with E-state index < -0.39 is 5.97 Å². The summed E-state index contributed by atoms with van der Waals surface area (Å²) in [6.07, 6.45) is 6.83. The fraction of sp³-hybridized carbons (Fsp3) is 0.318. The van der Waals surface area contributed by atoms with Gasteiger partial charge in [-0.25, -0.2) is 4.79 Å². The lowest BCUT2D eigenvalue weighted by Gasteiger charge is -2.21. The molecule has 28 heavy (non-hydrogen) atoms. The molecule has 148 valence electrons. The third-order valence-electron chi connectivity index (χ3n) is 3.84. The molecule has 0 bridgehead atoms. The van der Waals surface area contributed by atoms with Gasteiger partial charge in [0, 0.05) is 35.6 Å². The first kappa shape index (κ1) is 21.2. The molecule has 0 aliphatic carbocycles. The van der Waals surface area contributed by atoms with Crippen LogP contribution < -0.4 is 10.6 Å². The molecule has 0 aliphatic heterocycles. The van der Waals surface area contributed by atoms with Crippen molar-refractivity contribution in [2.24, 2.45) is 0 Å². The zero-order valence-corrected chi connectivity index (χ0v) is 16.5. The van der Waals surface area contributed by atoms with Gasteiger partial charge in [0.25, 0.3) is 0 Å². The SMILES string of the molecule is CC(C)(C)NC(=O)Nc1cccc(/C(=C/CCCC(=O)O)c2cccnc2)c1. The van der Waals surface area contributed by atoms with Gasteiger partial charge >= 0.3 is 12.0 Å². The van der Waals surface area contributed by atoms with E-state index in [2.05, 4.69) is 15.6 Å². The first-order valence-electron chi connectivity index (χ1n) is 9.26. The monoisotopic (exact) mass is 381 g/mol. The number of anilines is 1. The van der Waals surface area contributed by atoms with Crippen molar-refractivity contribution in [3.63, 3.8) is 0 Å². The number of allylic oxidation sites excluding steroid dienone is 1. The quantitative estimate of drug-likeness (QED) is 0.607. The minimum absolute atomic E-state index is 0.130. The van der Waals surface area contributed by atoms with Crippen LogP contribution in [0.2, 0.25) is 0 Å². The minimum Gasteiger partial charge on any atom is -0.481 e. The predicted molar refractivity (Wildman–Crippen MR) is 111 cm³/mol. The molecule has 1 aromatic heterocycles. The summed E-state index contributed by atoms with van der Waals surface area (Å²) in [4.78, 5) is 27.1. The number of unbranched alkanes of at least 4 members (excludes halogenated alkanes) is 1. The van der Waals surface area contributed by atoms with Crippen molar-refractivity contribution in [2.75, 3.05) is 5.32 Å². The van der Waals surface area contributed by atoms with Crippen LogP contribution in [0.3, 0.4) is 0 Å². The molecule has 2 rings (SSSR count). The summed E-state index contributed by atoms with van der Waals surface area (Å²) in [6, 6.07) is 11.1. The van der Waals surface area contributed by atoms with Gasteiger partial charge < -0.3 is 15.7 Å². The van der Waals surface area contributed by atoms with Gasteiger partial charge in [-0.1, -0.05) is 24.3 Å². The van der Waals surface area contributed by atoms with Gasteiger partial charge in [-0.15, -0.1) is 0 Å². The Bertz CT molecular complexity index is 840. The summed E-state index contributed by atoms with van der Waals surface area (Å²) in [5, 5.41) is 14.6. The van der Waals surface area contributed by atoms with E-state index in [9.17, 15) is 9.59 Å². The molecule has 0 aliphatic rings. The zero-order chi connectivity index (χ0) is 20.6. The molecule has 3 N–H and O–H groups in total. The van der Waals surface area contributed by atoms with Crippen LogP contribution >= 0.6 is 0 Å². The number of rotatable bonds is 7. The van der Waals surface area contributed by atoms with Gasteiger partial charge in [0.05, 0.1) is 0 Å². The minimum atomic E-state index is -0.799. The lowest BCUT2D eigenvalue weighted by molar-refractivity contribution is -0.137. The second kappa shape index (κ2) is 9.69. The summed E-state index contributed by atoms with van der Waals surface area (Å²) in [5.74, 6) is -0.799. The Morgan fingerprint density at radius 3 is 2.54 bits per heavy atom. The van der Waals surface area contributed by atoms with Gasteiger partial charge in [-0.05, 0) is 62.9 Å². The lowest BCUT2D eigenvalue weighted by atomic mass is 9.97. The molecule has 0 atom stereocenters. The van der Waals surface area contributed by atoms with Crippen LogP contribution in [0.1, 0.15) is 51.2 Å². The Balaban J connectivity index is 2.24. The topological polar surface area (TPSA) is 91.3 Å². The summed E-state index contributed by atoms with van der Waals surface area (Å²) in [5.41, 5.74) is 3.18. The van der Waals surface area contributed by atoms with E-state index in [4.69, 9.17) is 5.11 Å². The number of benzene rings is 1. The average molecular weight is 381 g/mol. The van der Waals surface area contributed by atoms with E-state index in [-0.39, 0.29) is 18.0 Å². The number of carbonyl (C=O) groups is 2. The first-order valence-corrected chi connectivity index (χ1v) is 9.26. The van der Waals surface area contributed by atoms with Crippen molar-refractivity contribution in [2.45, 2.75) is 45.6 Å². The molecule has 0 unspecified atom stereocenters. The van der Waals surface area contributed by atoms with Crippen molar-refractivity contribution in [1.29, 1.82) is 0 Å². The molecular formula is C22H27N3O3. The number of amides is 2. The summed E-state index contributed by atoms with van der Waals surface area (Å²) in [7, 11) is 0. The van der Waals surface area contributed by atoms with E-state index in [1.54, 1.807) is 12.4 Å². The number of carboxylic acid groups (broad SMARTS) is 1. The second-order valence-corrected chi connectivity index (χ2v) is 7.56. The number of aromatic nitrogens is 1. The van der Waals surface area contributed by atoms with E-state index in [0.717, 1.165) is 16.7 Å². The molecule has 0 radical (unpaired) electrons. The number of carboxylic acids is 1. The summed E-state index contributed by atoms with van der Waals surface area (Å²) in [6.45, 7) is 5.76. The van der Waals surface area contributed by atoms with Crippen molar-refractivity contribution in [1.82, 2.24) is 10.3 Å². The molecule has 2 aromatic rings. The summed E-state index contributed by atoms with van der Waals surface area (Å²) < 4.78 is 0. The Kier molecular flexibility index (Phi) is 7.32. The first-order chi connectivity index (χ1) is 13.2. The standard InChI is InChI=1S/C22H27N3O3/c1-22(2,3)25-21(28)24-18-10-6-8-16(14-18)19(11-4-5-12-20(26)27)17-9-7-13-23-15-17/h6-11,13-15H,4-5,12H2,1-3H3,(H,26,27)(H2,24,25,28)/b19-11-. The molecule has 1 aromatic carbocycles. The molecule has 0 fully saturated rings. The zero-order valence-electron chi connectivity index (χ0n) is 16.5. The fourth-order valence-corrected chi connectivity index (χ4v) is 2.69. The predicted octanol–water partition coefficient (Wildman–Crippen LogP) is 4.69. The highest BCUT2D eigenvalue weighted by Crippen LogP contribution is 2.26. The van der Waals surface area contributed by atoms with Gasteiger partial charge in [0.15, 0.2) is 0 Å². The van der Waals surface area contributed by atoms with Crippen molar-refractivity contribution in [3.8, 4) is 0 Å². The number of urea groups is 1. The maximum Gasteiger partial charge on any atom is 0.319 e. The van der Waals surface area contributed by atoms with Crippen molar-refractivity contribution >= 4 is 23.3 Å². The normalized spacial score (nSPS) is 11.8. The van der Waals surface area contributed by atoms with Crippen LogP contribution in [0.25, 0.3) is 5.57 Å². The number of nitrogens with one attached hydrogen (secondary N) is 2. The third-order valence-corrected chi connectivity index (χ3v) is 3.84. The molecule has 1 heterocycles. The van der Waals surface area contributed by atoms with E-state index in [1.807, 2.05) is 63.2 Å². The highest BCUT2D eigenvalue weighted by Gasteiger charge is 2.14. The third kappa shape index (κ3) is 7.23. The number of nitrogens with zero attached hydrogens (tertiary/aromatic N) is 1. The number of hydrogen-bond acceptors (Lipinski definition) is 3. The van der Waals surface area contributed by atoms with E-state index in [0.29, 0.717) is 18.5 Å². The molecule has 6 nitrogen and oxygen atoms in total. The fourth-order valence-electron chi connectivity index (χ4n) is 2.69. The van der Waals surface area contributed by atoms with Crippen LogP contribution in [-0.2, 0) is 4.79 Å². The Morgan fingerprint density at radius 2 is 1.89 bits per heavy atom. The van der Waals surface area contributed by atoms with Crippen LogP contribution in [0.5, 0.6) is 0 Å². The molecular weight excluding hydrogens is 354 g/mol. The van der Waals surface area contributed by atoms with Crippen LogP contribution in [0, 0.1) is 0 Å². The van der Waals surface area contributed by atoms with E-state index in [1.165, 1.54) is 0 Å².